The van der Waals surface area contributed by atoms with Crippen LogP contribution in [0.2, 0.25) is 0 Å². The number of rotatable bonds is 6. The van der Waals surface area contributed by atoms with Crippen LogP contribution in [0, 0.1) is 6.92 Å². The zero-order valence-electron chi connectivity index (χ0n) is 17.4. The molecule has 152 valence electrons. The maximum absolute atomic E-state index is 11.6. The van der Waals surface area contributed by atoms with Gasteiger partial charge in [-0.3, -0.25) is 4.79 Å². The average Bonchev–Trinajstić information content (AvgIpc) is 2.71. The summed E-state index contributed by atoms with van der Waals surface area (Å²) in [6.07, 6.45) is 0. The Morgan fingerprint density at radius 3 is 2.03 bits per heavy atom. The molecule has 0 unspecified atom stereocenters. The molecular weight excluding hydrogens is 372 g/mol. The molecule has 0 bridgehead atoms. The van der Waals surface area contributed by atoms with E-state index in [9.17, 15) is 4.79 Å². The van der Waals surface area contributed by atoms with Crippen LogP contribution < -0.4 is 24.3 Å². The second-order valence-electron chi connectivity index (χ2n) is 6.45. The molecule has 0 saturated carbocycles. The Morgan fingerprint density at radius 2 is 1.52 bits per heavy atom. The summed E-state index contributed by atoms with van der Waals surface area (Å²) in [5.41, 5.74) is 3.59. The van der Waals surface area contributed by atoms with E-state index < -0.39 is 0 Å². The van der Waals surface area contributed by atoms with E-state index >= 15 is 0 Å². The number of hydrogen-bond acceptors (Lipinski definition) is 6. The third-order valence-electron chi connectivity index (χ3n) is 4.62. The lowest BCUT2D eigenvalue weighted by Gasteiger charge is -2.17. The van der Waals surface area contributed by atoms with Crippen LogP contribution in [0.25, 0.3) is 22.2 Å². The van der Waals surface area contributed by atoms with Crippen LogP contribution in [0.1, 0.15) is 12.5 Å². The molecule has 0 saturated heterocycles. The highest BCUT2D eigenvalue weighted by atomic mass is 16.5. The number of aryl methyl sites for hydroxylation is 1. The summed E-state index contributed by atoms with van der Waals surface area (Å²) in [4.78, 5) is 16.5. The lowest BCUT2D eigenvalue weighted by Crippen LogP contribution is -2.07. The van der Waals surface area contributed by atoms with Gasteiger partial charge >= 0.3 is 0 Å². The van der Waals surface area contributed by atoms with Crippen molar-refractivity contribution in [3.63, 3.8) is 0 Å². The molecule has 0 fully saturated rings. The van der Waals surface area contributed by atoms with Crippen molar-refractivity contribution in [3.05, 3.63) is 35.9 Å². The topological polar surface area (TPSA) is 78.9 Å². The number of carbonyl (C=O) groups excluding carboxylic acids is 1. The van der Waals surface area contributed by atoms with Gasteiger partial charge in [0.2, 0.25) is 5.91 Å². The van der Waals surface area contributed by atoms with Gasteiger partial charge in [-0.2, -0.15) is 0 Å². The second-order valence-corrected chi connectivity index (χ2v) is 6.45. The molecule has 0 aliphatic rings. The lowest BCUT2D eigenvalue weighted by atomic mass is 10.0. The minimum absolute atomic E-state index is 0.154. The highest BCUT2D eigenvalue weighted by Gasteiger charge is 2.20. The Hall–Kier alpha value is -3.48. The van der Waals surface area contributed by atoms with Crippen LogP contribution >= 0.6 is 0 Å². The molecule has 0 spiro atoms. The molecule has 1 heterocycles. The fourth-order valence-corrected chi connectivity index (χ4v) is 3.36. The Morgan fingerprint density at radius 1 is 0.897 bits per heavy atom. The fourth-order valence-electron chi connectivity index (χ4n) is 3.36. The summed E-state index contributed by atoms with van der Waals surface area (Å²) in [7, 11) is 6.34. The molecular formula is C22H24N2O5. The first kappa shape index (κ1) is 20.3. The van der Waals surface area contributed by atoms with Crippen molar-refractivity contribution < 1.29 is 23.7 Å². The first-order valence-corrected chi connectivity index (χ1v) is 8.99. The van der Waals surface area contributed by atoms with E-state index in [0.29, 0.717) is 45.5 Å². The number of anilines is 1. The maximum atomic E-state index is 11.6. The van der Waals surface area contributed by atoms with Crippen molar-refractivity contribution in [2.24, 2.45) is 0 Å². The van der Waals surface area contributed by atoms with Crippen molar-refractivity contribution in [3.8, 4) is 34.3 Å². The number of methoxy groups -OCH3 is 4. The van der Waals surface area contributed by atoms with E-state index in [4.69, 9.17) is 23.9 Å². The number of ether oxygens (including phenoxy) is 4. The molecule has 0 aliphatic heterocycles. The number of hydrogen-bond donors (Lipinski definition) is 1. The summed E-state index contributed by atoms with van der Waals surface area (Å²) in [6, 6.07) is 9.09. The van der Waals surface area contributed by atoms with Crippen molar-refractivity contribution in [1.29, 1.82) is 0 Å². The van der Waals surface area contributed by atoms with E-state index in [1.807, 2.05) is 19.1 Å². The van der Waals surface area contributed by atoms with Crippen LogP contribution in [0.15, 0.2) is 30.3 Å². The summed E-state index contributed by atoms with van der Waals surface area (Å²) < 4.78 is 22.0. The third-order valence-corrected chi connectivity index (χ3v) is 4.62. The molecule has 2 aromatic carbocycles. The molecule has 0 radical (unpaired) electrons. The highest BCUT2D eigenvalue weighted by Crippen LogP contribution is 2.43. The quantitative estimate of drug-likeness (QED) is 0.673. The molecule has 1 amide bonds. The van der Waals surface area contributed by atoms with Crippen molar-refractivity contribution in [1.82, 2.24) is 4.98 Å². The summed E-state index contributed by atoms with van der Waals surface area (Å²) in [5.74, 6) is 2.21. The van der Waals surface area contributed by atoms with Crippen molar-refractivity contribution in [2.45, 2.75) is 13.8 Å². The number of fused-ring (bicyclic) bond motifs is 1. The smallest absolute Gasteiger partial charge is 0.221 e. The summed E-state index contributed by atoms with van der Waals surface area (Å²) in [6.45, 7) is 3.43. The minimum atomic E-state index is -0.154. The molecule has 3 rings (SSSR count). The Balaban J connectivity index is 2.34. The standard InChI is InChI=1S/C22H24N2O5/c1-12-9-16(21-18(28-5)10-14(26-3)11-19(21)29-6)24-22-17(27-4)8-7-15(20(12)22)23-13(2)25/h7-11H,1-6H3,(H,23,25). The van der Waals surface area contributed by atoms with Gasteiger partial charge in [0.15, 0.2) is 0 Å². The Labute approximate surface area is 169 Å². The zero-order chi connectivity index (χ0) is 21.1. The fraction of sp³-hybridized carbons (Fsp3) is 0.273. The van der Waals surface area contributed by atoms with Crippen LogP contribution in [0.4, 0.5) is 5.69 Å². The number of pyridine rings is 1. The van der Waals surface area contributed by atoms with Crippen LogP contribution in [-0.4, -0.2) is 39.3 Å². The predicted octanol–water partition coefficient (Wildman–Crippen LogP) is 4.20. The van der Waals surface area contributed by atoms with Crippen LogP contribution in [0.3, 0.4) is 0 Å². The van der Waals surface area contributed by atoms with Crippen molar-refractivity contribution >= 4 is 22.5 Å². The molecule has 0 atom stereocenters. The van der Waals surface area contributed by atoms with Gasteiger partial charge in [0, 0.05) is 24.4 Å². The summed E-state index contributed by atoms with van der Waals surface area (Å²) in [5, 5.41) is 3.67. The third kappa shape index (κ3) is 3.76. The van der Waals surface area contributed by atoms with Crippen molar-refractivity contribution in [2.75, 3.05) is 33.8 Å². The molecule has 29 heavy (non-hydrogen) atoms. The normalized spacial score (nSPS) is 10.6. The van der Waals surface area contributed by atoms with E-state index in [1.54, 1.807) is 46.6 Å². The molecule has 1 N–H and O–H groups in total. The first-order valence-electron chi connectivity index (χ1n) is 8.99. The van der Waals surface area contributed by atoms with E-state index in [2.05, 4.69) is 5.32 Å². The highest BCUT2D eigenvalue weighted by molar-refractivity contribution is 6.04. The van der Waals surface area contributed by atoms with Gasteiger partial charge in [0.25, 0.3) is 0 Å². The van der Waals surface area contributed by atoms with Gasteiger partial charge in [-0.1, -0.05) is 0 Å². The van der Waals surface area contributed by atoms with Crippen LogP contribution in [-0.2, 0) is 4.79 Å². The second kappa shape index (κ2) is 8.26. The molecule has 1 aromatic heterocycles. The SMILES string of the molecule is COc1cc(OC)c(-c2cc(C)c3c(NC(C)=O)ccc(OC)c3n2)c(OC)c1. The monoisotopic (exact) mass is 396 g/mol. The van der Waals surface area contributed by atoms with Crippen LogP contribution in [0.5, 0.6) is 23.0 Å². The van der Waals surface area contributed by atoms with Gasteiger partial charge in [0.1, 0.15) is 28.5 Å². The molecule has 7 nitrogen and oxygen atoms in total. The number of amides is 1. The maximum Gasteiger partial charge on any atom is 0.221 e. The average molecular weight is 396 g/mol. The molecule has 7 heteroatoms. The predicted molar refractivity (Wildman–Crippen MR) is 112 cm³/mol. The Bertz CT molecular complexity index is 1050. The molecule has 3 aromatic rings. The lowest BCUT2D eigenvalue weighted by molar-refractivity contribution is -0.114. The van der Waals surface area contributed by atoms with E-state index in [0.717, 1.165) is 10.9 Å². The summed E-state index contributed by atoms with van der Waals surface area (Å²) >= 11 is 0. The van der Waals surface area contributed by atoms with Gasteiger partial charge in [0.05, 0.1) is 45.4 Å². The number of nitrogens with zero attached hydrogens (tertiary/aromatic N) is 1. The minimum Gasteiger partial charge on any atom is -0.496 e. The van der Waals surface area contributed by atoms with E-state index in [1.165, 1.54) is 6.92 Å². The number of aromatic nitrogens is 1. The van der Waals surface area contributed by atoms with Gasteiger partial charge in [-0.15, -0.1) is 0 Å². The number of nitrogens with one attached hydrogen (secondary N) is 1. The van der Waals surface area contributed by atoms with Gasteiger partial charge in [-0.25, -0.2) is 4.98 Å². The zero-order valence-corrected chi connectivity index (χ0v) is 17.4. The van der Waals surface area contributed by atoms with Gasteiger partial charge < -0.3 is 24.3 Å². The van der Waals surface area contributed by atoms with Gasteiger partial charge in [-0.05, 0) is 30.7 Å². The number of benzene rings is 2. The van der Waals surface area contributed by atoms with E-state index in [-0.39, 0.29) is 5.91 Å². The molecule has 0 aliphatic carbocycles. The largest absolute Gasteiger partial charge is 0.496 e. The Kier molecular flexibility index (Phi) is 5.77. The first-order chi connectivity index (χ1) is 13.9. The number of carbonyl (C=O) groups is 1.